The maximum absolute atomic E-state index is 13.3. The molecule has 0 radical (unpaired) electrons. The molecule has 0 aliphatic rings. The first kappa shape index (κ1) is 39.3. The number of aromatic amines is 2. The van der Waals surface area contributed by atoms with Crippen molar-refractivity contribution in [3.05, 3.63) is 150 Å². The van der Waals surface area contributed by atoms with E-state index in [-0.39, 0.29) is 5.91 Å². The molecule has 11 nitrogen and oxygen atoms in total. The number of nitrogens with two attached hydrogens (primary N) is 1. The second kappa shape index (κ2) is 17.0. The van der Waals surface area contributed by atoms with E-state index in [1.165, 1.54) is 3.57 Å². The summed E-state index contributed by atoms with van der Waals surface area (Å²) >= 11 is 25.9. The molecule has 56 heavy (non-hydrogen) atoms. The van der Waals surface area contributed by atoms with Gasteiger partial charge in [0.1, 0.15) is 21.3 Å². The van der Waals surface area contributed by atoms with Crippen molar-refractivity contribution in [2.24, 2.45) is 0 Å². The van der Waals surface area contributed by atoms with Gasteiger partial charge in [-0.2, -0.15) is 0 Å². The first-order valence-electron chi connectivity index (χ1n) is 17.0. The number of hydrogen-bond acceptors (Lipinski definition) is 7. The van der Waals surface area contributed by atoms with Crippen LogP contribution in [0.25, 0.3) is 43.6 Å². The Morgan fingerprint density at radius 1 is 0.821 bits per heavy atom. The molecule has 0 aliphatic heterocycles. The van der Waals surface area contributed by atoms with Crippen LogP contribution >= 0.6 is 69.0 Å². The van der Waals surface area contributed by atoms with Crippen molar-refractivity contribution in [3.8, 4) is 0 Å². The fourth-order valence-corrected chi connectivity index (χ4v) is 7.48. The number of H-pyrrole nitrogens is 2. The maximum atomic E-state index is 13.3. The van der Waals surface area contributed by atoms with E-state index in [0.29, 0.717) is 45.0 Å². The molecule has 1 aromatic carbocycles. The number of rotatable bonds is 5. The molecule has 8 heterocycles. The van der Waals surface area contributed by atoms with Crippen molar-refractivity contribution >= 4 is 124 Å². The molecule has 0 bridgehead atoms. The molecular weight excluding hydrogens is 905 g/mol. The molecule has 1 amide bonds. The molecule has 9 rings (SSSR count). The lowest BCUT2D eigenvalue weighted by atomic mass is 10.1. The van der Waals surface area contributed by atoms with Crippen LogP contribution < -0.4 is 11.1 Å². The fourth-order valence-electron chi connectivity index (χ4n) is 6.23. The van der Waals surface area contributed by atoms with Crippen LogP contribution in [-0.4, -0.2) is 45.4 Å². The van der Waals surface area contributed by atoms with Gasteiger partial charge in [-0.25, -0.2) is 19.9 Å². The minimum absolute atomic E-state index is 0.207. The van der Waals surface area contributed by atoms with Crippen molar-refractivity contribution in [2.45, 2.75) is 26.9 Å². The van der Waals surface area contributed by atoms with Gasteiger partial charge in [0.05, 0.1) is 51.2 Å². The van der Waals surface area contributed by atoms with Crippen molar-refractivity contribution < 1.29 is 4.79 Å². The topological polar surface area (TPSA) is 156 Å². The summed E-state index contributed by atoms with van der Waals surface area (Å²) in [6.07, 6.45) is 12.4. The van der Waals surface area contributed by atoms with Crippen LogP contribution in [0.2, 0.25) is 20.5 Å². The summed E-state index contributed by atoms with van der Waals surface area (Å²) in [6, 6.07) is 17.1. The minimum Gasteiger partial charge on any atom is -0.384 e. The number of benzene rings is 1. The molecule has 0 aliphatic carbocycles. The monoisotopic (exact) mass is 934 g/mol. The van der Waals surface area contributed by atoms with Crippen molar-refractivity contribution in [1.29, 1.82) is 0 Å². The zero-order chi connectivity index (χ0) is 39.5. The number of fused-ring (bicyclic) bond motifs is 4. The second-order valence-electron chi connectivity index (χ2n) is 12.7. The number of anilines is 1. The maximum Gasteiger partial charge on any atom is 0.253 e. The van der Waals surface area contributed by atoms with Gasteiger partial charge in [0, 0.05) is 68.7 Å². The number of carbonyl (C=O) groups is 1. The number of hydrogen-bond donors (Lipinski definition) is 4. The molecule has 16 heteroatoms. The highest BCUT2D eigenvalue weighted by Gasteiger charge is 2.18. The number of aromatic nitrogens is 8. The minimum atomic E-state index is -0.207. The molecule has 282 valence electrons. The van der Waals surface area contributed by atoms with Gasteiger partial charge in [0.15, 0.2) is 0 Å². The van der Waals surface area contributed by atoms with Crippen molar-refractivity contribution in [1.82, 2.24) is 44.8 Å². The van der Waals surface area contributed by atoms with Crippen LogP contribution in [0.3, 0.4) is 0 Å². The third-order valence-electron chi connectivity index (χ3n) is 8.93. The van der Waals surface area contributed by atoms with Crippen LogP contribution in [0.5, 0.6) is 0 Å². The Bertz CT molecular complexity index is 2870. The average Bonchev–Trinajstić information content (AvgIpc) is 3.88. The van der Waals surface area contributed by atoms with Crippen LogP contribution in [-0.2, 0) is 13.1 Å². The lowest BCUT2D eigenvalue weighted by Gasteiger charge is -2.11. The van der Waals surface area contributed by atoms with E-state index in [1.54, 1.807) is 36.9 Å². The summed E-state index contributed by atoms with van der Waals surface area (Å²) in [5.74, 6) is 0.258. The molecule has 0 fully saturated rings. The molecule has 0 unspecified atom stereocenters. The van der Waals surface area contributed by atoms with Gasteiger partial charge in [0.25, 0.3) is 5.91 Å². The van der Waals surface area contributed by atoms with Gasteiger partial charge in [-0.15, -0.1) is 0 Å². The lowest BCUT2D eigenvalue weighted by Crippen LogP contribution is -2.24. The van der Waals surface area contributed by atoms with Gasteiger partial charge in [-0.05, 0) is 102 Å². The SMILES string of the molecule is Cc1cc(N)nc(C)c1CNC(=O)c1cn(Cc2ccc3ncc(Cl)cc3c2)c2cnc(Cl)cc12.Clc1cc2c(I)c[nH]c2cn1.Clc1cc2cc[nH]c2cn1. The third-order valence-corrected chi connectivity index (χ3v) is 10.6. The van der Waals surface area contributed by atoms with E-state index in [1.807, 2.05) is 79.5 Å². The number of nitrogen functional groups attached to an aromatic ring is 1. The van der Waals surface area contributed by atoms with Gasteiger partial charge < -0.3 is 25.6 Å². The Morgan fingerprint density at radius 3 is 2.34 bits per heavy atom. The van der Waals surface area contributed by atoms with Crippen LogP contribution in [0, 0.1) is 17.4 Å². The molecule has 0 atom stereocenters. The van der Waals surface area contributed by atoms with Crippen LogP contribution in [0.1, 0.15) is 32.7 Å². The van der Waals surface area contributed by atoms with Crippen LogP contribution in [0.4, 0.5) is 5.82 Å². The predicted octanol–water partition coefficient (Wildman–Crippen LogP) is 10.5. The number of nitrogens with zero attached hydrogens (tertiary/aromatic N) is 6. The second-order valence-corrected chi connectivity index (χ2v) is 15.5. The van der Waals surface area contributed by atoms with Crippen molar-refractivity contribution in [3.63, 3.8) is 0 Å². The fraction of sp³-hybridized carbons (Fsp3) is 0.100. The summed E-state index contributed by atoms with van der Waals surface area (Å²) in [4.78, 5) is 40.1. The number of carbonyl (C=O) groups excluding carboxylic acids is 1. The quantitative estimate of drug-likeness (QED) is 0.0989. The largest absolute Gasteiger partial charge is 0.384 e. The van der Waals surface area contributed by atoms with E-state index in [9.17, 15) is 4.79 Å². The summed E-state index contributed by atoms with van der Waals surface area (Å²) in [7, 11) is 0. The zero-order valence-electron chi connectivity index (χ0n) is 29.7. The van der Waals surface area contributed by atoms with Gasteiger partial charge >= 0.3 is 0 Å². The highest BCUT2D eigenvalue weighted by Crippen LogP contribution is 2.27. The van der Waals surface area contributed by atoms with E-state index < -0.39 is 0 Å². The van der Waals surface area contributed by atoms with Gasteiger partial charge in [-0.1, -0.05) is 52.5 Å². The smallest absolute Gasteiger partial charge is 0.253 e. The number of nitrogens with one attached hydrogen (secondary N) is 3. The molecule has 0 saturated heterocycles. The molecule has 8 aromatic heterocycles. The standard InChI is InChI=1S/C26H22Cl2N6O.C7H4ClIN2.C7H5ClN2/c1-14-5-25(29)33-15(2)20(14)10-32-26(35)21-13-34(23-11-31-24(28)8-19(21)23)12-16-3-4-22-17(6-16)7-18(27)9-30-22;8-7-1-4-5(9)2-10-6(4)3-11-7;8-7-3-5-1-2-9-6(5)4-10-7/h3-9,11,13H,10,12H2,1-2H3,(H2,29,33)(H,32,35);1-3,10H;1-4,9H. The van der Waals surface area contributed by atoms with Crippen LogP contribution in [0.15, 0.2) is 98.0 Å². The molecule has 0 spiro atoms. The zero-order valence-corrected chi connectivity index (χ0v) is 34.9. The average molecular weight is 936 g/mol. The highest BCUT2D eigenvalue weighted by molar-refractivity contribution is 14.1. The first-order valence-corrected chi connectivity index (χ1v) is 19.6. The summed E-state index contributed by atoms with van der Waals surface area (Å²) < 4.78 is 3.16. The Labute approximate surface area is 354 Å². The number of pyridine rings is 5. The number of amides is 1. The summed E-state index contributed by atoms with van der Waals surface area (Å²) in [6.45, 7) is 4.72. The number of aryl methyl sites for hydroxylation is 2. The Hall–Kier alpha value is -4.99. The van der Waals surface area contributed by atoms with Gasteiger partial charge in [0.2, 0.25) is 0 Å². The van der Waals surface area contributed by atoms with E-state index in [4.69, 9.17) is 52.1 Å². The van der Waals surface area contributed by atoms with Crippen molar-refractivity contribution in [2.75, 3.05) is 5.73 Å². The first-order chi connectivity index (χ1) is 26.9. The Balaban J connectivity index is 0.000000183. The predicted molar refractivity (Wildman–Crippen MR) is 235 cm³/mol. The third kappa shape index (κ3) is 9.00. The highest BCUT2D eigenvalue weighted by atomic mass is 127. The van der Waals surface area contributed by atoms with E-state index >= 15 is 0 Å². The summed E-state index contributed by atoms with van der Waals surface area (Å²) in [5.41, 5.74) is 13.8. The Morgan fingerprint density at radius 2 is 1.55 bits per heavy atom. The molecule has 9 aromatic rings. The molecule has 0 saturated carbocycles. The lowest BCUT2D eigenvalue weighted by molar-refractivity contribution is 0.0952. The Kier molecular flexibility index (Phi) is 11.9. The normalized spacial score (nSPS) is 11.1. The van der Waals surface area contributed by atoms with Gasteiger partial charge in [-0.3, -0.25) is 9.78 Å². The molecular formula is C40H31Cl4IN10O. The number of halogens is 5. The summed E-state index contributed by atoms with van der Waals surface area (Å²) in [5, 5.41) is 8.91. The van der Waals surface area contributed by atoms with E-state index in [2.05, 4.69) is 62.8 Å². The molecule has 5 N–H and O–H groups in total. The van der Waals surface area contributed by atoms with E-state index in [0.717, 1.165) is 66.0 Å².